The van der Waals surface area contributed by atoms with Crippen molar-refractivity contribution in [1.82, 2.24) is 9.88 Å². The third-order valence-electron chi connectivity index (χ3n) is 3.91. The van der Waals surface area contributed by atoms with Crippen LogP contribution in [0.2, 0.25) is 0 Å². The lowest BCUT2D eigenvalue weighted by Gasteiger charge is -2.20. The second kappa shape index (κ2) is 6.32. The number of carbonyl (C=O) groups is 1. The van der Waals surface area contributed by atoms with E-state index < -0.39 is 0 Å². The van der Waals surface area contributed by atoms with Crippen LogP contribution in [0.1, 0.15) is 33.6 Å². The molecular weight excluding hydrogens is 296 g/mol. The molecule has 2 aromatic rings. The van der Waals surface area contributed by atoms with E-state index in [2.05, 4.69) is 11.6 Å². The topological polar surface area (TPSA) is 53.2 Å². The van der Waals surface area contributed by atoms with Gasteiger partial charge in [-0.25, -0.2) is 0 Å². The first kappa shape index (κ1) is 14.8. The molecule has 0 fully saturated rings. The van der Waals surface area contributed by atoms with E-state index in [1.54, 1.807) is 28.4 Å². The van der Waals surface area contributed by atoms with Gasteiger partial charge in [-0.15, -0.1) is 6.58 Å². The van der Waals surface area contributed by atoms with Crippen LogP contribution in [0, 0.1) is 0 Å². The summed E-state index contributed by atoms with van der Waals surface area (Å²) in [7, 11) is 0. The van der Waals surface area contributed by atoms with Gasteiger partial charge in [0.1, 0.15) is 5.56 Å². The number of H-pyrrole nitrogens is 1. The molecule has 2 aromatic heterocycles. The number of rotatable bonds is 5. The van der Waals surface area contributed by atoms with Crippen molar-refractivity contribution in [1.29, 1.82) is 0 Å². The molecule has 5 heteroatoms. The van der Waals surface area contributed by atoms with Gasteiger partial charge in [0.15, 0.2) is 0 Å². The van der Waals surface area contributed by atoms with Crippen molar-refractivity contribution in [3.05, 3.63) is 68.3 Å². The average Bonchev–Trinajstić information content (AvgIpc) is 3.16. The fourth-order valence-corrected chi connectivity index (χ4v) is 3.48. The SMILES string of the molecule is C=CCN(Cc1ccsc1)C(=O)c1cc2c([nH]c1=O)CCC2. The number of hydrogen-bond acceptors (Lipinski definition) is 3. The molecule has 0 saturated carbocycles. The van der Waals surface area contributed by atoms with Crippen LogP contribution < -0.4 is 5.56 Å². The number of amides is 1. The summed E-state index contributed by atoms with van der Waals surface area (Å²) in [6.45, 7) is 4.62. The average molecular weight is 314 g/mol. The van der Waals surface area contributed by atoms with Crippen LogP contribution in [0.25, 0.3) is 0 Å². The maximum absolute atomic E-state index is 12.7. The summed E-state index contributed by atoms with van der Waals surface area (Å²) in [5.41, 5.74) is 3.09. The number of fused-ring (bicyclic) bond motifs is 1. The van der Waals surface area contributed by atoms with Gasteiger partial charge >= 0.3 is 0 Å². The Labute approximate surface area is 133 Å². The van der Waals surface area contributed by atoms with Crippen molar-refractivity contribution < 1.29 is 4.79 Å². The molecular formula is C17H18N2O2S. The van der Waals surface area contributed by atoms with Gasteiger partial charge in [-0.1, -0.05) is 6.08 Å². The molecule has 0 radical (unpaired) electrons. The number of aromatic nitrogens is 1. The van der Waals surface area contributed by atoms with E-state index in [4.69, 9.17) is 0 Å². The van der Waals surface area contributed by atoms with Gasteiger partial charge in [0.05, 0.1) is 0 Å². The van der Waals surface area contributed by atoms with E-state index in [1.807, 2.05) is 16.8 Å². The summed E-state index contributed by atoms with van der Waals surface area (Å²) in [5, 5.41) is 3.99. The van der Waals surface area contributed by atoms with E-state index in [0.29, 0.717) is 13.1 Å². The second-order valence-corrected chi connectivity index (χ2v) is 6.26. The Morgan fingerprint density at radius 3 is 3.05 bits per heavy atom. The number of aromatic amines is 1. The molecule has 0 spiro atoms. The molecule has 0 saturated heterocycles. The molecule has 114 valence electrons. The predicted molar refractivity (Wildman–Crippen MR) is 88.3 cm³/mol. The monoisotopic (exact) mass is 314 g/mol. The summed E-state index contributed by atoms with van der Waals surface area (Å²) in [5.74, 6) is -0.234. The molecule has 1 amide bonds. The molecule has 3 rings (SSSR count). The van der Waals surface area contributed by atoms with Crippen molar-refractivity contribution in [3.8, 4) is 0 Å². The van der Waals surface area contributed by atoms with Gasteiger partial charge in [-0.2, -0.15) is 11.3 Å². The minimum atomic E-state index is -0.287. The number of thiophene rings is 1. The van der Waals surface area contributed by atoms with Crippen molar-refractivity contribution >= 4 is 17.2 Å². The van der Waals surface area contributed by atoms with E-state index in [9.17, 15) is 9.59 Å². The van der Waals surface area contributed by atoms with Crippen LogP contribution in [0.15, 0.2) is 40.3 Å². The molecule has 0 bridgehead atoms. The molecule has 0 aromatic carbocycles. The lowest BCUT2D eigenvalue weighted by molar-refractivity contribution is 0.0761. The molecule has 0 atom stereocenters. The molecule has 0 unspecified atom stereocenters. The third kappa shape index (κ3) is 2.90. The zero-order chi connectivity index (χ0) is 15.5. The first-order chi connectivity index (χ1) is 10.7. The molecule has 1 aliphatic rings. The Bertz CT molecular complexity index is 747. The van der Waals surface area contributed by atoms with Crippen LogP contribution in [0.4, 0.5) is 0 Å². The van der Waals surface area contributed by atoms with Crippen LogP contribution in [-0.4, -0.2) is 22.3 Å². The van der Waals surface area contributed by atoms with Crippen LogP contribution >= 0.6 is 11.3 Å². The Kier molecular flexibility index (Phi) is 4.24. The van der Waals surface area contributed by atoms with Gasteiger partial charge in [0.25, 0.3) is 11.5 Å². The number of pyridine rings is 1. The Morgan fingerprint density at radius 2 is 2.32 bits per heavy atom. The highest BCUT2D eigenvalue weighted by Crippen LogP contribution is 2.20. The number of aryl methyl sites for hydroxylation is 2. The summed E-state index contributed by atoms with van der Waals surface area (Å²) in [4.78, 5) is 29.5. The lowest BCUT2D eigenvalue weighted by atomic mass is 10.1. The summed E-state index contributed by atoms with van der Waals surface area (Å²) >= 11 is 1.59. The number of nitrogens with zero attached hydrogens (tertiary/aromatic N) is 1. The summed E-state index contributed by atoms with van der Waals surface area (Å²) in [6.07, 6.45) is 4.54. The number of nitrogens with one attached hydrogen (secondary N) is 1. The van der Waals surface area contributed by atoms with Crippen molar-refractivity contribution in [2.75, 3.05) is 6.54 Å². The van der Waals surface area contributed by atoms with E-state index in [-0.39, 0.29) is 17.0 Å². The highest BCUT2D eigenvalue weighted by Gasteiger charge is 2.22. The van der Waals surface area contributed by atoms with Crippen LogP contribution in [-0.2, 0) is 19.4 Å². The zero-order valence-electron chi connectivity index (χ0n) is 12.3. The van der Waals surface area contributed by atoms with E-state index in [1.165, 1.54) is 0 Å². The third-order valence-corrected chi connectivity index (χ3v) is 4.64. The maximum Gasteiger partial charge on any atom is 0.261 e. The number of carbonyl (C=O) groups excluding carboxylic acids is 1. The Morgan fingerprint density at radius 1 is 1.45 bits per heavy atom. The zero-order valence-corrected chi connectivity index (χ0v) is 13.1. The highest BCUT2D eigenvalue weighted by molar-refractivity contribution is 7.07. The maximum atomic E-state index is 12.7. The molecule has 22 heavy (non-hydrogen) atoms. The van der Waals surface area contributed by atoms with E-state index >= 15 is 0 Å². The lowest BCUT2D eigenvalue weighted by Crippen LogP contribution is -2.34. The van der Waals surface area contributed by atoms with Crippen molar-refractivity contribution in [2.24, 2.45) is 0 Å². The normalized spacial score (nSPS) is 12.9. The van der Waals surface area contributed by atoms with Crippen LogP contribution in [0.5, 0.6) is 0 Å². The Balaban J connectivity index is 1.90. The molecule has 1 aliphatic carbocycles. The highest BCUT2D eigenvalue weighted by atomic mass is 32.1. The minimum Gasteiger partial charge on any atom is -0.330 e. The number of hydrogen-bond donors (Lipinski definition) is 1. The Hall–Kier alpha value is -2.14. The van der Waals surface area contributed by atoms with Gasteiger partial charge in [0, 0.05) is 18.8 Å². The standard InChI is InChI=1S/C17H18N2O2S/c1-2-7-19(10-12-6-8-22-11-12)17(21)14-9-13-4-3-5-15(13)18-16(14)20/h2,6,8-9,11H,1,3-5,7,10H2,(H,18,20). The summed E-state index contributed by atoms with van der Waals surface area (Å²) in [6, 6.07) is 3.76. The fourth-order valence-electron chi connectivity index (χ4n) is 2.82. The van der Waals surface area contributed by atoms with Gasteiger partial charge < -0.3 is 9.88 Å². The van der Waals surface area contributed by atoms with Gasteiger partial charge in [-0.3, -0.25) is 9.59 Å². The second-order valence-electron chi connectivity index (χ2n) is 5.48. The molecule has 2 heterocycles. The molecule has 1 N–H and O–H groups in total. The van der Waals surface area contributed by atoms with Gasteiger partial charge in [-0.05, 0) is 53.3 Å². The van der Waals surface area contributed by atoms with Gasteiger partial charge in [0.2, 0.25) is 0 Å². The quantitative estimate of drug-likeness (QED) is 0.863. The van der Waals surface area contributed by atoms with E-state index in [0.717, 1.165) is 36.1 Å². The first-order valence-corrected chi connectivity index (χ1v) is 8.29. The summed E-state index contributed by atoms with van der Waals surface area (Å²) < 4.78 is 0. The minimum absolute atomic E-state index is 0.234. The molecule has 4 nitrogen and oxygen atoms in total. The van der Waals surface area contributed by atoms with Crippen molar-refractivity contribution in [3.63, 3.8) is 0 Å². The van der Waals surface area contributed by atoms with Crippen molar-refractivity contribution in [2.45, 2.75) is 25.8 Å². The smallest absolute Gasteiger partial charge is 0.261 e. The largest absolute Gasteiger partial charge is 0.330 e. The van der Waals surface area contributed by atoms with Crippen LogP contribution in [0.3, 0.4) is 0 Å². The first-order valence-electron chi connectivity index (χ1n) is 7.35. The molecule has 0 aliphatic heterocycles. The predicted octanol–water partition coefficient (Wildman–Crippen LogP) is 2.75. The fraction of sp³-hybridized carbons (Fsp3) is 0.294.